The average molecular weight is 403 g/mol. The van der Waals surface area contributed by atoms with Crippen LogP contribution in [0.1, 0.15) is 6.92 Å². The van der Waals surface area contributed by atoms with Gasteiger partial charge in [-0.2, -0.15) is 0 Å². The molecule has 0 aliphatic carbocycles. The van der Waals surface area contributed by atoms with Gasteiger partial charge in [0.15, 0.2) is 0 Å². The maximum absolute atomic E-state index is 12.6. The molecule has 0 aliphatic heterocycles. The van der Waals surface area contributed by atoms with Gasteiger partial charge in [-0.25, -0.2) is 8.42 Å². The van der Waals surface area contributed by atoms with E-state index in [0.717, 1.165) is 16.1 Å². The van der Waals surface area contributed by atoms with Crippen molar-refractivity contribution < 1.29 is 13.2 Å². The number of benzene rings is 2. The van der Waals surface area contributed by atoms with Crippen molar-refractivity contribution in [2.45, 2.75) is 13.0 Å². The van der Waals surface area contributed by atoms with Crippen LogP contribution in [-0.4, -0.2) is 36.8 Å². The normalized spacial score (nSPS) is 12.4. The molecule has 9 heteroatoms. The summed E-state index contributed by atoms with van der Waals surface area (Å²) in [6, 6.07) is 17.0. The number of hydrogen-bond donors (Lipinski definition) is 1. The molecule has 0 unspecified atom stereocenters. The molecular formula is C18H18N4O3S2. The van der Waals surface area contributed by atoms with Crippen molar-refractivity contribution in [3.8, 4) is 10.6 Å². The molecular weight excluding hydrogens is 384 g/mol. The van der Waals surface area contributed by atoms with E-state index in [1.165, 1.54) is 18.3 Å². The number of nitrogens with one attached hydrogen (secondary N) is 1. The van der Waals surface area contributed by atoms with Crippen molar-refractivity contribution in [3.63, 3.8) is 0 Å². The molecule has 0 aliphatic rings. The van der Waals surface area contributed by atoms with Crippen molar-refractivity contribution in [2.75, 3.05) is 15.9 Å². The quantitative estimate of drug-likeness (QED) is 0.684. The fraction of sp³-hybridized carbons (Fsp3) is 0.167. The second kappa shape index (κ2) is 7.85. The molecule has 27 heavy (non-hydrogen) atoms. The SMILES string of the molecule is C[C@@H](C(=O)Nc1nnc(-c2ccccc2)s1)N(c1ccccc1)S(C)(=O)=O. The Bertz CT molecular complexity index is 1020. The van der Waals surface area contributed by atoms with E-state index in [9.17, 15) is 13.2 Å². The Hall–Kier alpha value is -2.78. The van der Waals surface area contributed by atoms with Crippen LogP contribution in [0.25, 0.3) is 10.6 Å². The van der Waals surface area contributed by atoms with Crippen molar-refractivity contribution in [1.82, 2.24) is 10.2 Å². The first kappa shape index (κ1) is 19.0. The third-order valence-electron chi connectivity index (χ3n) is 3.78. The van der Waals surface area contributed by atoms with Crippen LogP contribution in [0, 0.1) is 0 Å². The molecule has 0 bridgehead atoms. The topological polar surface area (TPSA) is 92.3 Å². The van der Waals surface area contributed by atoms with E-state index in [0.29, 0.717) is 15.8 Å². The maximum atomic E-state index is 12.6. The molecule has 0 radical (unpaired) electrons. The van der Waals surface area contributed by atoms with Crippen LogP contribution in [0.2, 0.25) is 0 Å². The fourth-order valence-electron chi connectivity index (χ4n) is 2.56. The Labute approximate surface area is 161 Å². The number of nitrogens with zero attached hydrogens (tertiary/aromatic N) is 3. The Morgan fingerprint density at radius 2 is 1.63 bits per heavy atom. The van der Waals surface area contributed by atoms with Crippen LogP contribution in [0.4, 0.5) is 10.8 Å². The van der Waals surface area contributed by atoms with E-state index in [-0.39, 0.29) is 0 Å². The molecule has 1 amide bonds. The highest BCUT2D eigenvalue weighted by molar-refractivity contribution is 7.92. The third-order valence-corrected chi connectivity index (χ3v) is 5.90. The van der Waals surface area contributed by atoms with Gasteiger partial charge in [0.1, 0.15) is 11.0 Å². The van der Waals surface area contributed by atoms with Gasteiger partial charge in [-0.05, 0) is 19.1 Å². The summed E-state index contributed by atoms with van der Waals surface area (Å²) < 4.78 is 25.6. The summed E-state index contributed by atoms with van der Waals surface area (Å²) in [5, 5.41) is 11.7. The van der Waals surface area contributed by atoms with Gasteiger partial charge in [0.25, 0.3) is 0 Å². The summed E-state index contributed by atoms with van der Waals surface area (Å²) in [6.07, 6.45) is 1.07. The molecule has 1 atom stereocenters. The van der Waals surface area contributed by atoms with E-state index in [1.54, 1.807) is 30.3 Å². The molecule has 140 valence electrons. The molecule has 0 fully saturated rings. The van der Waals surface area contributed by atoms with Crippen LogP contribution in [0.3, 0.4) is 0 Å². The lowest BCUT2D eigenvalue weighted by Crippen LogP contribution is -2.45. The lowest BCUT2D eigenvalue weighted by molar-refractivity contribution is -0.116. The molecule has 1 heterocycles. The van der Waals surface area contributed by atoms with Crippen LogP contribution in [0.15, 0.2) is 60.7 Å². The van der Waals surface area contributed by atoms with Crippen LogP contribution < -0.4 is 9.62 Å². The first-order chi connectivity index (χ1) is 12.9. The minimum atomic E-state index is -3.65. The Balaban J connectivity index is 1.80. The summed E-state index contributed by atoms with van der Waals surface area (Å²) in [5.41, 5.74) is 1.32. The minimum Gasteiger partial charge on any atom is -0.299 e. The smallest absolute Gasteiger partial charge is 0.249 e. The van der Waals surface area contributed by atoms with Gasteiger partial charge in [0, 0.05) is 5.56 Å². The zero-order valence-corrected chi connectivity index (χ0v) is 16.4. The number of amides is 1. The summed E-state index contributed by atoms with van der Waals surface area (Å²) in [5.74, 6) is -0.486. The molecule has 0 saturated carbocycles. The predicted octanol–water partition coefficient (Wildman–Crippen LogP) is 3.00. The van der Waals surface area contributed by atoms with E-state index in [2.05, 4.69) is 15.5 Å². The molecule has 1 N–H and O–H groups in total. The fourth-order valence-corrected chi connectivity index (χ4v) is 4.49. The van der Waals surface area contributed by atoms with Gasteiger partial charge in [-0.1, -0.05) is 59.9 Å². The standard InChI is InChI=1S/C18H18N4O3S2/c1-13(22(27(2,24)25)15-11-7-4-8-12-15)16(23)19-18-21-20-17(26-18)14-9-5-3-6-10-14/h3-13H,1-2H3,(H,19,21,23)/t13-/m0/s1. The van der Waals surface area contributed by atoms with E-state index in [1.807, 2.05) is 30.3 Å². The predicted molar refractivity (Wildman–Crippen MR) is 107 cm³/mol. The number of sulfonamides is 1. The molecule has 7 nitrogen and oxygen atoms in total. The molecule has 0 saturated heterocycles. The highest BCUT2D eigenvalue weighted by atomic mass is 32.2. The largest absolute Gasteiger partial charge is 0.299 e. The highest BCUT2D eigenvalue weighted by Crippen LogP contribution is 2.27. The number of carbonyl (C=O) groups excluding carboxylic acids is 1. The Morgan fingerprint density at radius 3 is 2.22 bits per heavy atom. The molecule has 3 aromatic rings. The zero-order chi connectivity index (χ0) is 19.4. The number of para-hydroxylation sites is 1. The number of aromatic nitrogens is 2. The average Bonchev–Trinajstić information content (AvgIpc) is 3.11. The van der Waals surface area contributed by atoms with Crippen molar-refractivity contribution >= 4 is 38.1 Å². The zero-order valence-electron chi connectivity index (χ0n) is 14.7. The number of anilines is 2. The first-order valence-corrected chi connectivity index (χ1v) is 10.8. The maximum Gasteiger partial charge on any atom is 0.249 e. The number of carbonyl (C=O) groups is 1. The third kappa shape index (κ3) is 4.50. The number of rotatable bonds is 6. The minimum absolute atomic E-state index is 0.312. The van der Waals surface area contributed by atoms with Gasteiger partial charge in [0.05, 0.1) is 11.9 Å². The number of hydrogen-bond acceptors (Lipinski definition) is 6. The van der Waals surface area contributed by atoms with Crippen LogP contribution >= 0.6 is 11.3 Å². The highest BCUT2D eigenvalue weighted by Gasteiger charge is 2.29. The molecule has 1 aromatic heterocycles. The summed E-state index contributed by atoms with van der Waals surface area (Å²) >= 11 is 1.22. The molecule has 2 aromatic carbocycles. The lowest BCUT2D eigenvalue weighted by atomic mass is 10.2. The van der Waals surface area contributed by atoms with E-state index >= 15 is 0 Å². The first-order valence-electron chi connectivity index (χ1n) is 8.10. The van der Waals surface area contributed by atoms with Crippen LogP contribution in [-0.2, 0) is 14.8 Å². The van der Waals surface area contributed by atoms with Crippen molar-refractivity contribution in [2.24, 2.45) is 0 Å². The second-order valence-corrected chi connectivity index (χ2v) is 8.67. The molecule has 3 rings (SSSR count). The molecule has 0 spiro atoms. The van der Waals surface area contributed by atoms with E-state index in [4.69, 9.17) is 0 Å². The monoisotopic (exact) mass is 402 g/mol. The van der Waals surface area contributed by atoms with Crippen molar-refractivity contribution in [3.05, 3.63) is 60.7 Å². The van der Waals surface area contributed by atoms with Gasteiger partial charge in [0.2, 0.25) is 21.1 Å². The van der Waals surface area contributed by atoms with Gasteiger partial charge in [-0.3, -0.25) is 14.4 Å². The second-order valence-electron chi connectivity index (χ2n) is 5.84. The summed E-state index contributed by atoms with van der Waals surface area (Å²) in [7, 11) is -3.65. The van der Waals surface area contributed by atoms with Crippen molar-refractivity contribution in [1.29, 1.82) is 0 Å². The summed E-state index contributed by atoms with van der Waals surface area (Å²) in [4.78, 5) is 12.6. The summed E-state index contributed by atoms with van der Waals surface area (Å²) in [6.45, 7) is 1.53. The lowest BCUT2D eigenvalue weighted by Gasteiger charge is -2.27. The Morgan fingerprint density at radius 1 is 1.04 bits per heavy atom. The van der Waals surface area contributed by atoms with Gasteiger partial charge in [-0.15, -0.1) is 10.2 Å². The van der Waals surface area contributed by atoms with Crippen LogP contribution in [0.5, 0.6) is 0 Å². The van der Waals surface area contributed by atoms with Gasteiger partial charge >= 0.3 is 0 Å². The Kier molecular flexibility index (Phi) is 5.52. The van der Waals surface area contributed by atoms with Gasteiger partial charge < -0.3 is 0 Å². The van der Waals surface area contributed by atoms with E-state index < -0.39 is 22.0 Å².